The summed E-state index contributed by atoms with van der Waals surface area (Å²) >= 11 is 3.50. The van der Waals surface area contributed by atoms with E-state index in [1.807, 2.05) is 18.2 Å². The number of nitriles is 1. The van der Waals surface area contributed by atoms with Crippen molar-refractivity contribution in [1.82, 2.24) is 4.57 Å². The average molecular weight is 340 g/mol. The lowest BCUT2D eigenvalue weighted by atomic mass is 10.1. The van der Waals surface area contributed by atoms with Gasteiger partial charge in [0.2, 0.25) is 0 Å². The van der Waals surface area contributed by atoms with Crippen LogP contribution in [0.5, 0.6) is 0 Å². The van der Waals surface area contributed by atoms with Crippen molar-refractivity contribution in [2.45, 2.75) is 6.54 Å². The lowest BCUT2D eigenvalue weighted by molar-refractivity contribution is 0.955. The Morgan fingerprint density at radius 2 is 2.05 bits per heavy atom. The van der Waals surface area contributed by atoms with E-state index in [0.717, 1.165) is 16.7 Å². The van der Waals surface area contributed by atoms with Gasteiger partial charge in [0.05, 0.1) is 11.6 Å². The van der Waals surface area contributed by atoms with Gasteiger partial charge in [0, 0.05) is 40.9 Å². The normalized spacial score (nSPS) is 10.5. The van der Waals surface area contributed by atoms with Crippen LogP contribution in [0.25, 0.3) is 10.9 Å². The fraction of sp³-hybridized carbons (Fsp3) is 0.118. The van der Waals surface area contributed by atoms with E-state index in [-0.39, 0.29) is 0 Å². The summed E-state index contributed by atoms with van der Waals surface area (Å²) in [6.07, 6.45) is 2.15. The maximum Gasteiger partial charge on any atom is 0.0992 e. The second-order valence-electron chi connectivity index (χ2n) is 4.94. The Morgan fingerprint density at radius 1 is 1.24 bits per heavy atom. The zero-order valence-corrected chi connectivity index (χ0v) is 13.2. The fourth-order valence-electron chi connectivity index (χ4n) is 2.48. The van der Waals surface area contributed by atoms with Crippen LogP contribution in [-0.2, 0) is 13.6 Å². The van der Waals surface area contributed by atoms with Crippen molar-refractivity contribution in [2.24, 2.45) is 7.05 Å². The SMILES string of the molecule is Cn1cc(CNc2ccc(C#N)cc2Br)c2ccccc21. The van der Waals surface area contributed by atoms with Gasteiger partial charge in [-0.1, -0.05) is 18.2 Å². The summed E-state index contributed by atoms with van der Waals surface area (Å²) in [5.41, 5.74) is 4.12. The molecule has 21 heavy (non-hydrogen) atoms. The highest BCUT2D eigenvalue weighted by molar-refractivity contribution is 9.10. The van der Waals surface area contributed by atoms with Crippen molar-refractivity contribution >= 4 is 32.5 Å². The van der Waals surface area contributed by atoms with Gasteiger partial charge < -0.3 is 9.88 Å². The highest BCUT2D eigenvalue weighted by Gasteiger charge is 2.07. The highest BCUT2D eigenvalue weighted by Crippen LogP contribution is 2.26. The number of hydrogen-bond acceptors (Lipinski definition) is 2. The smallest absolute Gasteiger partial charge is 0.0992 e. The number of hydrogen-bond donors (Lipinski definition) is 1. The first-order chi connectivity index (χ1) is 10.2. The summed E-state index contributed by atoms with van der Waals surface area (Å²) in [5, 5.41) is 13.6. The minimum Gasteiger partial charge on any atom is -0.380 e. The molecule has 1 heterocycles. The average Bonchev–Trinajstić information content (AvgIpc) is 2.83. The molecule has 1 N–H and O–H groups in total. The predicted molar refractivity (Wildman–Crippen MR) is 89.1 cm³/mol. The molecule has 0 saturated carbocycles. The van der Waals surface area contributed by atoms with Crippen LogP contribution >= 0.6 is 15.9 Å². The zero-order chi connectivity index (χ0) is 14.8. The largest absolute Gasteiger partial charge is 0.380 e. The topological polar surface area (TPSA) is 40.8 Å². The molecule has 4 heteroatoms. The molecule has 3 nitrogen and oxygen atoms in total. The number of rotatable bonds is 3. The van der Waals surface area contributed by atoms with Gasteiger partial charge in [0.15, 0.2) is 0 Å². The van der Waals surface area contributed by atoms with E-state index in [9.17, 15) is 0 Å². The molecular formula is C17H14BrN3. The Morgan fingerprint density at radius 3 is 2.81 bits per heavy atom. The van der Waals surface area contributed by atoms with Gasteiger partial charge in [0.25, 0.3) is 0 Å². The van der Waals surface area contributed by atoms with E-state index in [1.165, 1.54) is 16.5 Å². The number of benzene rings is 2. The number of anilines is 1. The van der Waals surface area contributed by atoms with Gasteiger partial charge in [-0.05, 0) is 45.8 Å². The van der Waals surface area contributed by atoms with E-state index >= 15 is 0 Å². The van der Waals surface area contributed by atoms with Gasteiger partial charge in [-0.15, -0.1) is 0 Å². The van der Waals surface area contributed by atoms with Gasteiger partial charge in [0.1, 0.15) is 0 Å². The Kier molecular flexibility index (Phi) is 3.68. The third-order valence-corrected chi connectivity index (χ3v) is 4.20. The molecule has 3 rings (SSSR count). The molecule has 0 aliphatic heterocycles. The van der Waals surface area contributed by atoms with Crippen LogP contribution < -0.4 is 5.32 Å². The number of halogens is 1. The van der Waals surface area contributed by atoms with Crippen molar-refractivity contribution in [1.29, 1.82) is 5.26 Å². The molecule has 2 aromatic carbocycles. The van der Waals surface area contributed by atoms with E-state index in [1.54, 1.807) is 0 Å². The predicted octanol–water partition coefficient (Wildman–Crippen LogP) is 4.42. The summed E-state index contributed by atoms with van der Waals surface area (Å²) in [6, 6.07) is 16.1. The van der Waals surface area contributed by atoms with Crippen LogP contribution in [0.2, 0.25) is 0 Å². The number of aryl methyl sites for hydroxylation is 1. The highest BCUT2D eigenvalue weighted by atomic mass is 79.9. The molecule has 0 radical (unpaired) electrons. The summed E-state index contributed by atoms with van der Waals surface area (Å²) < 4.78 is 3.04. The number of aromatic nitrogens is 1. The molecular weight excluding hydrogens is 326 g/mol. The lowest BCUT2D eigenvalue weighted by Crippen LogP contribution is -1.99. The van der Waals surface area contributed by atoms with Crippen LogP contribution in [0.4, 0.5) is 5.69 Å². The Balaban J connectivity index is 1.86. The molecule has 3 aromatic rings. The van der Waals surface area contributed by atoms with Gasteiger partial charge in [-0.2, -0.15) is 5.26 Å². The monoisotopic (exact) mass is 339 g/mol. The van der Waals surface area contributed by atoms with Gasteiger partial charge in [-0.3, -0.25) is 0 Å². The molecule has 0 aliphatic rings. The van der Waals surface area contributed by atoms with Crippen LogP contribution in [0, 0.1) is 11.3 Å². The summed E-state index contributed by atoms with van der Waals surface area (Å²) in [6.45, 7) is 0.742. The molecule has 0 spiro atoms. The maximum atomic E-state index is 8.89. The summed E-state index contributed by atoms with van der Waals surface area (Å²) in [4.78, 5) is 0. The fourth-order valence-corrected chi connectivity index (χ4v) is 3.00. The standard InChI is InChI=1S/C17H14BrN3/c1-21-11-13(14-4-2-3-5-17(14)21)10-20-16-7-6-12(9-19)8-15(16)18/h2-8,11,20H,10H2,1H3. The summed E-state index contributed by atoms with van der Waals surface area (Å²) in [7, 11) is 2.06. The third-order valence-electron chi connectivity index (χ3n) is 3.55. The van der Waals surface area contributed by atoms with Crippen LogP contribution in [-0.4, -0.2) is 4.57 Å². The number of nitrogens with zero attached hydrogens (tertiary/aromatic N) is 2. The quantitative estimate of drug-likeness (QED) is 0.767. The lowest BCUT2D eigenvalue weighted by Gasteiger charge is -2.08. The molecule has 0 unspecified atom stereocenters. The van der Waals surface area contributed by atoms with Gasteiger partial charge in [-0.25, -0.2) is 0 Å². The Bertz CT molecular complexity index is 843. The van der Waals surface area contributed by atoms with Crippen molar-refractivity contribution in [3.8, 4) is 6.07 Å². The molecule has 1 aromatic heterocycles. The molecule has 0 atom stereocenters. The minimum atomic E-state index is 0.651. The minimum absolute atomic E-state index is 0.651. The third kappa shape index (κ3) is 2.65. The van der Waals surface area contributed by atoms with Crippen molar-refractivity contribution < 1.29 is 0 Å². The molecule has 0 aliphatic carbocycles. The number of nitrogens with one attached hydrogen (secondary N) is 1. The maximum absolute atomic E-state index is 8.89. The summed E-state index contributed by atoms with van der Waals surface area (Å²) in [5.74, 6) is 0. The van der Waals surface area contributed by atoms with E-state index < -0.39 is 0 Å². The molecule has 104 valence electrons. The van der Waals surface area contributed by atoms with Crippen LogP contribution in [0.1, 0.15) is 11.1 Å². The first-order valence-corrected chi connectivity index (χ1v) is 7.45. The molecule has 0 fully saturated rings. The number of para-hydroxylation sites is 1. The first-order valence-electron chi connectivity index (χ1n) is 6.65. The Labute approximate surface area is 131 Å². The van der Waals surface area contributed by atoms with E-state index in [4.69, 9.17) is 5.26 Å². The first kappa shape index (κ1) is 13.7. The van der Waals surface area contributed by atoms with E-state index in [2.05, 4.69) is 69.4 Å². The Hall–Kier alpha value is -2.25. The van der Waals surface area contributed by atoms with Crippen LogP contribution in [0.15, 0.2) is 53.1 Å². The van der Waals surface area contributed by atoms with Crippen LogP contribution in [0.3, 0.4) is 0 Å². The number of fused-ring (bicyclic) bond motifs is 1. The molecule has 0 bridgehead atoms. The second kappa shape index (κ2) is 5.63. The second-order valence-corrected chi connectivity index (χ2v) is 5.80. The van der Waals surface area contributed by atoms with Crippen molar-refractivity contribution in [3.05, 3.63) is 64.3 Å². The van der Waals surface area contributed by atoms with Crippen molar-refractivity contribution in [3.63, 3.8) is 0 Å². The zero-order valence-electron chi connectivity index (χ0n) is 11.6. The molecule has 0 amide bonds. The van der Waals surface area contributed by atoms with E-state index in [0.29, 0.717) is 5.56 Å². The van der Waals surface area contributed by atoms with Gasteiger partial charge >= 0.3 is 0 Å². The molecule has 0 saturated heterocycles. The van der Waals surface area contributed by atoms with Crippen molar-refractivity contribution in [2.75, 3.05) is 5.32 Å².